The molecule has 0 aromatic carbocycles. The van der Waals surface area contributed by atoms with E-state index in [1.807, 2.05) is 0 Å². The molecule has 1 aromatic heterocycles. The van der Waals surface area contributed by atoms with Gasteiger partial charge in [-0.2, -0.15) is 0 Å². The van der Waals surface area contributed by atoms with Crippen LogP contribution in [0, 0.1) is 0 Å². The van der Waals surface area contributed by atoms with E-state index in [0.717, 1.165) is 24.9 Å². The molecule has 3 N–H and O–H groups in total. The largest absolute Gasteiger partial charge is 0.385 e. The molecular formula is C14H20N4O2. The molecule has 20 heavy (non-hydrogen) atoms. The van der Waals surface area contributed by atoms with Crippen molar-refractivity contribution in [3.63, 3.8) is 0 Å². The molecule has 6 heteroatoms. The van der Waals surface area contributed by atoms with E-state index in [1.165, 1.54) is 0 Å². The Morgan fingerprint density at radius 3 is 2.90 bits per heavy atom. The van der Waals surface area contributed by atoms with Crippen molar-refractivity contribution < 1.29 is 9.59 Å². The van der Waals surface area contributed by atoms with Crippen LogP contribution in [0.2, 0.25) is 0 Å². The number of nitrogens with zero attached hydrogens (tertiary/aromatic N) is 1. The lowest BCUT2D eigenvalue weighted by molar-refractivity contribution is -0.121. The number of carbonyl (C=O) groups excluding carboxylic acids is 2. The predicted molar refractivity (Wildman–Crippen MR) is 76.5 cm³/mol. The number of rotatable bonds is 7. The van der Waals surface area contributed by atoms with Crippen LogP contribution in [0.5, 0.6) is 0 Å². The molecule has 1 heterocycles. The number of pyridine rings is 1. The third-order valence-electron chi connectivity index (χ3n) is 3.07. The zero-order valence-electron chi connectivity index (χ0n) is 11.6. The number of anilines is 1. The van der Waals surface area contributed by atoms with Crippen molar-refractivity contribution in [2.75, 3.05) is 18.9 Å². The molecule has 0 saturated heterocycles. The molecule has 1 saturated carbocycles. The van der Waals surface area contributed by atoms with Crippen LogP contribution < -0.4 is 16.0 Å². The molecule has 6 nitrogen and oxygen atoms in total. The van der Waals surface area contributed by atoms with Crippen molar-refractivity contribution in [2.45, 2.75) is 31.7 Å². The number of nitrogens with one attached hydrogen (secondary N) is 3. The molecule has 108 valence electrons. The molecule has 1 aliphatic rings. The fourth-order valence-electron chi connectivity index (χ4n) is 1.80. The van der Waals surface area contributed by atoms with Crippen molar-refractivity contribution in [3.05, 3.63) is 24.0 Å². The molecule has 0 bridgehead atoms. The zero-order valence-corrected chi connectivity index (χ0v) is 11.6. The van der Waals surface area contributed by atoms with E-state index in [4.69, 9.17) is 0 Å². The molecule has 0 radical (unpaired) electrons. The number of hydrogen-bond donors (Lipinski definition) is 3. The molecular weight excluding hydrogens is 256 g/mol. The summed E-state index contributed by atoms with van der Waals surface area (Å²) in [5, 5.41) is 8.68. The summed E-state index contributed by atoms with van der Waals surface area (Å²) in [6.45, 7) is 0.690. The molecule has 1 aromatic rings. The number of carbonyl (C=O) groups is 2. The van der Waals surface area contributed by atoms with Gasteiger partial charge in [0.15, 0.2) is 0 Å². The Balaban J connectivity index is 1.70. The third kappa shape index (κ3) is 4.53. The van der Waals surface area contributed by atoms with Gasteiger partial charge in [-0.1, -0.05) is 0 Å². The van der Waals surface area contributed by atoms with Crippen molar-refractivity contribution in [2.24, 2.45) is 0 Å². The lowest BCUT2D eigenvalue weighted by atomic mass is 10.2. The molecule has 1 aliphatic carbocycles. The summed E-state index contributed by atoms with van der Waals surface area (Å²) in [6, 6.07) is 3.92. The molecule has 1 fully saturated rings. The van der Waals surface area contributed by atoms with Crippen LogP contribution in [0.3, 0.4) is 0 Å². The highest BCUT2D eigenvalue weighted by Gasteiger charge is 2.22. The third-order valence-corrected chi connectivity index (χ3v) is 3.07. The van der Waals surface area contributed by atoms with E-state index in [2.05, 4.69) is 20.9 Å². The second kappa shape index (κ2) is 6.88. The van der Waals surface area contributed by atoms with Gasteiger partial charge in [-0.05, 0) is 31.4 Å². The normalized spacial score (nSPS) is 13.7. The maximum absolute atomic E-state index is 11.5. The summed E-state index contributed by atoms with van der Waals surface area (Å²) in [6.07, 6.45) is 5.10. The smallest absolute Gasteiger partial charge is 0.269 e. The molecule has 2 amide bonds. The number of amides is 2. The average molecular weight is 276 g/mol. The van der Waals surface area contributed by atoms with Gasteiger partial charge in [0.25, 0.3) is 5.91 Å². The SMILES string of the molecule is CNC(=O)c1cc(NCCCC(=O)NC2CC2)ccn1. The van der Waals surface area contributed by atoms with Gasteiger partial charge in [0.05, 0.1) is 0 Å². The molecule has 0 unspecified atom stereocenters. The van der Waals surface area contributed by atoms with E-state index in [-0.39, 0.29) is 11.8 Å². The monoisotopic (exact) mass is 276 g/mol. The first-order chi connectivity index (χ1) is 9.69. The van der Waals surface area contributed by atoms with Crippen LogP contribution in [-0.2, 0) is 4.79 Å². The molecule has 2 rings (SSSR count). The van der Waals surface area contributed by atoms with Gasteiger partial charge in [-0.15, -0.1) is 0 Å². The Morgan fingerprint density at radius 1 is 1.40 bits per heavy atom. The van der Waals surface area contributed by atoms with Gasteiger partial charge in [-0.3, -0.25) is 14.6 Å². The summed E-state index contributed by atoms with van der Waals surface area (Å²) in [5.74, 6) is -0.0902. The predicted octanol–water partition coefficient (Wildman–Crippen LogP) is 0.912. The van der Waals surface area contributed by atoms with Crippen LogP contribution in [0.4, 0.5) is 5.69 Å². The Morgan fingerprint density at radius 2 is 2.20 bits per heavy atom. The maximum atomic E-state index is 11.5. The van der Waals surface area contributed by atoms with Gasteiger partial charge >= 0.3 is 0 Å². The Bertz CT molecular complexity index is 486. The molecule has 0 atom stereocenters. The highest BCUT2D eigenvalue weighted by atomic mass is 16.2. The average Bonchev–Trinajstić information content (AvgIpc) is 3.27. The standard InChI is InChI=1S/C14H20N4O2/c1-15-14(20)12-9-11(6-8-17-12)16-7-2-3-13(19)18-10-4-5-10/h6,8-10H,2-5,7H2,1H3,(H,15,20)(H,16,17)(H,18,19). The van der Waals surface area contributed by atoms with Crippen LogP contribution >= 0.6 is 0 Å². The summed E-state index contributed by atoms with van der Waals surface area (Å²) in [5.41, 5.74) is 1.21. The summed E-state index contributed by atoms with van der Waals surface area (Å²) in [4.78, 5) is 26.9. The highest BCUT2D eigenvalue weighted by molar-refractivity contribution is 5.92. The van der Waals surface area contributed by atoms with E-state index in [0.29, 0.717) is 24.7 Å². The number of aromatic nitrogens is 1. The molecule has 0 aliphatic heterocycles. The minimum atomic E-state index is -0.211. The Hall–Kier alpha value is -2.11. The fourth-order valence-corrected chi connectivity index (χ4v) is 1.80. The quantitative estimate of drug-likeness (QED) is 0.646. The van der Waals surface area contributed by atoms with Crippen LogP contribution in [0.25, 0.3) is 0 Å². The van der Waals surface area contributed by atoms with Crippen molar-refractivity contribution >= 4 is 17.5 Å². The summed E-state index contributed by atoms with van der Waals surface area (Å²) < 4.78 is 0. The van der Waals surface area contributed by atoms with E-state index in [9.17, 15) is 9.59 Å². The van der Waals surface area contributed by atoms with Gasteiger partial charge in [0.2, 0.25) is 5.91 Å². The van der Waals surface area contributed by atoms with Gasteiger partial charge in [0.1, 0.15) is 5.69 Å². The zero-order chi connectivity index (χ0) is 14.4. The fraction of sp³-hybridized carbons (Fsp3) is 0.500. The first-order valence-electron chi connectivity index (χ1n) is 6.90. The van der Waals surface area contributed by atoms with Crippen LogP contribution in [-0.4, -0.2) is 36.4 Å². The minimum absolute atomic E-state index is 0.120. The summed E-state index contributed by atoms with van der Waals surface area (Å²) >= 11 is 0. The van der Waals surface area contributed by atoms with Crippen LogP contribution in [0.1, 0.15) is 36.2 Å². The van der Waals surface area contributed by atoms with Crippen molar-refractivity contribution in [3.8, 4) is 0 Å². The topological polar surface area (TPSA) is 83.1 Å². The maximum Gasteiger partial charge on any atom is 0.269 e. The van der Waals surface area contributed by atoms with E-state index in [1.54, 1.807) is 25.4 Å². The second-order valence-corrected chi connectivity index (χ2v) is 4.88. The van der Waals surface area contributed by atoms with E-state index >= 15 is 0 Å². The van der Waals surface area contributed by atoms with E-state index < -0.39 is 0 Å². The van der Waals surface area contributed by atoms with Crippen molar-refractivity contribution in [1.82, 2.24) is 15.6 Å². The first kappa shape index (κ1) is 14.3. The van der Waals surface area contributed by atoms with Crippen molar-refractivity contribution in [1.29, 1.82) is 0 Å². The van der Waals surface area contributed by atoms with Gasteiger partial charge in [0, 0.05) is 37.9 Å². The van der Waals surface area contributed by atoms with Crippen LogP contribution in [0.15, 0.2) is 18.3 Å². The lowest BCUT2D eigenvalue weighted by Gasteiger charge is -2.07. The summed E-state index contributed by atoms with van der Waals surface area (Å²) in [7, 11) is 1.57. The Labute approximate surface area is 118 Å². The van der Waals surface area contributed by atoms with Gasteiger partial charge < -0.3 is 16.0 Å². The number of hydrogen-bond acceptors (Lipinski definition) is 4. The minimum Gasteiger partial charge on any atom is -0.385 e. The Kier molecular flexibility index (Phi) is 4.92. The first-order valence-corrected chi connectivity index (χ1v) is 6.90. The molecule has 0 spiro atoms. The second-order valence-electron chi connectivity index (χ2n) is 4.88. The van der Waals surface area contributed by atoms with Gasteiger partial charge in [-0.25, -0.2) is 0 Å². The highest BCUT2D eigenvalue weighted by Crippen LogP contribution is 2.18. The lowest BCUT2D eigenvalue weighted by Crippen LogP contribution is -2.25.